The number of morpholine rings is 1. The number of hydrogen-bond donors (Lipinski definition) is 2. The zero-order chi connectivity index (χ0) is 15.3. The van der Waals surface area contributed by atoms with Crippen molar-refractivity contribution in [3.8, 4) is 0 Å². The number of hydrazine groups is 1. The Kier molecular flexibility index (Phi) is 6.84. The lowest BCUT2D eigenvalue weighted by atomic mass is 10.2. The van der Waals surface area contributed by atoms with Gasteiger partial charge in [0, 0.05) is 0 Å². The van der Waals surface area contributed by atoms with Crippen molar-refractivity contribution in [1.29, 1.82) is 0 Å². The van der Waals surface area contributed by atoms with Gasteiger partial charge in [0.25, 0.3) is 10.1 Å². The third-order valence-electron chi connectivity index (χ3n) is 3.05. The molecule has 1 fully saturated rings. The molecule has 2 rings (SSSR count). The number of carbonyl (C=O) groups is 1. The van der Waals surface area contributed by atoms with E-state index in [0.29, 0.717) is 26.3 Å². The summed E-state index contributed by atoms with van der Waals surface area (Å²) < 4.78 is 36.6. The van der Waals surface area contributed by atoms with Crippen molar-refractivity contribution in [1.82, 2.24) is 10.4 Å². The molecule has 124 valence electrons. The van der Waals surface area contributed by atoms with E-state index in [-0.39, 0.29) is 23.7 Å². The van der Waals surface area contributed by atoms with Crippen molar-refractivity contribution in [3.63, 3.8) is 0 Å². The minimum atomic E-state index is -3.97. The highest BCUT2D eigenvalue weighted by atomic mass is 32.2. The number of amides is 1. The Bertz CT molecular complexity index is 583. The summed E-state index contributed by atoms with van der Waals surface area (Å²) in [7, 11) is -3.97. The van der Waals surface area contributed by atoms with E-state index in [9.17, 15) is 13.2 Å². The molecular weight excluding hydrogens is 314 g/mol. The Morgan fingerprint density at radius 1 is 1.32 bits per heavy atom. The van der Waals surface area contributed by atoms with Gasteiger partial charge in [0.2, 0.25) is 0 Å². The second kappa shape index (κ2) is 8.15. The predicted molar refractivity (Wildman–Crippen MR) is 75.0 cm³/mol. The van der Waals surface area contributed by atoms with Crippen molar-refractivity contribution in [3.05, 3.63) is 30.1 Å². The van der Waals surface area contributed by atoms with E-state index in [0.717, 1.165) is 5.56 Å². The molecule has 1 aliphatic heterocycles. The second-order valence-corrected chi connectivity index (χ2v) is 6.24. The molecule has 0 unspecified atom stereocenters. The van der Waals surface area contributed by atoms with Crippen LogP contribution in [0.1, 0.15) is 5.56 Å². The van der Waals surface area contributed by atoms with Gasteiger partial charge in [-0.1, -0.05) is 0 Å². The van der Waals surface area contributed by atoms with Gasteiger partial charge in [-0.15, -0.1) is 5.01 Å². The summed E-state index contributed by atoms with van der Waals surface area (Å²) in [4.78, 5) is 12.0. The quantitative estimate of drug-likeness (QED) is 0.535. The van der Waals surface area contributed by atoms with E-state index in [4.69, 9.17) is 9.29 Å². The lowest BCUT2D eigenvalue weighted by Crippen LogP contribution is -2.58. The maximum absolute atomic E-state index is 12.0. The molecule has 0 radical (unpaired) electrons. The lowest BCUT2D eigenvalue weighted by molar-refractivity contribution is -0.574. The number of ether oxygens (including phenoxy) is 1. The molecule has 0 aromatic carbocycles. The van der Waals surface area contributed by atoms with E-state index in [1.165, 1.54) is 4.57 Å². The van der Waals surface area contributed by atoms with Crippen molar-refractivity contribution in [2.75, 3.05) is 32.1 Å². The van der Waals surface area contributed by atoms with Crippen LogP contribution in [0.2, 0.25) is 0 Å². The standard InChI is InChI=1S/C12H17N3O5S.H2O/c16-12(13-15-6-8-20-9-7-15)14-4-1-11(2-5-14)3-10-21(17,18)19;/h1-2,4-5H,3,6-10H2,(H-,13,16,17,18,19);1H2. The summed E-state index contributed by atoms with van der Waals surface area (Å²) in [5.41, 5.74) is 3.48. The normalized spacial score (nSPS) is 15.9. The van der Waals surface area contributed by atoms with Crippen LogP contribution in [0.5, 0.6) is 0 Å². The first kappa shape index (κ1) is 18.5. The molecular formula is C12H19N3O6S. The zero-order valence-corrected chi connectivity index (χ0v) is 12.7. The fourth-order valence-corrected chi connectivity index (χ4v) is 2.37. The van der Waals surface area contributed by atoms with Crippen LogP contribution in [0.25, 0.3) is 0 Å². The summed E-state index contributed by atoms with van der Waals surface area (Å²) in [6.07, 6.45) is 3.30. The Balaban J connectivity index is 0.00000242. The first-order chi connectivity index (χ1) is 9.94. The van der Waals surface area contributed by atoms with Crippen molar-refractivity contribution < 1.29 is 32.5 Å². The summed E-state index contributed by atoms with van der Waals surface area (Å²) in [6.45, 7) is 2.44. The molecule has 22 heavy (non-hydrogen) atoms. The van der Waals surface area contributed by atoms with E-state index >= 15 is 0 Å². The van der Waals surface area contributed by atoms with E-state index in [1.54, 1.807) is 29.5 Å². The van der Waals surface area contributed by atoms with Gasteiger partial charge in [0.15, 0.2) is 0 Å². The molecule has 0 saturated carbocycles. The monoisotopic (exact) mass is 333 g/mol. The van der Waals surface area contributed by atoms with Crippen LogP contribution >= 0.6 is 0 Å². The minimum Gasteiger partial charge on any atom is -0.870 e. The number of pyridine rings is 1. The molecule has 0 atom stereocenters. The first-order valence-corrected chi connectivity index (χ1v) is 8.14. The van der Waals surface area contributed by atoms with Gasteiger partial charge in [-0.05, 0) is 24.1 Å². The molecule has 0 bridgehead atoms. The van der Waals surface area contributed by atoms with Gasteiger partial charge in [0.05, 0.1) is 44.4 Å². The third kappa shape index (κ3) is 6.03. The number of nitrogens with zero attached hydrogens (tertiary/aromatic N) is 2. The van der Waals surface area contributed by atoms with Gasteiger partial charge in [-0.3, -0.25) is 4.55 Å². The predicted octanol–water partition coefficient (Wildman–Crippen LogP) is -0.967. The summed E-state index contributed by atoms with van der Waals surface area (Å²) in [6, 6.07) is 2.99. The van der Waals surface area contributed by atoms with Gasteiger partial charge in [-0.2, -0.15) is 23.2 Å². The van der Waals surface area contributed by atoms with Crippen LogP contribution in [0.4, 0.5) is 4.79 Å². The molecule has 0 aliphatic carbocycles. The van der Waals surface area contributed by atoms with Gasteiger partial charge in [-0.25, -0.2) is 0 Å². The molecule has 1 aromatic heterocycles. The van der Waals surface area contributed by atoms with E-state index in [2.05, 4.69) is 5.43 Å². The highest BCUT2D eigenvalue weighted by molar-refractivity contribution is 7.85. The van der Waals surface area contributed by atoms with Crippen LogP contribution in [0.15, 0.2) is 24.5 Å². The van der Waals surface area contributed by atoms with Crippen LogP contribution in [-0.2, 0) is 21.3 Å². The molecule has 9 nitrogen and oxygen atoms in total. The van der Waals surface area contributed by atoms with Crippen LogP contribution in [0, 0.1) is 0 Å². The van der Waals surface area contributed by atoms with Crippen molar-refractivity contribution in [2.45, 2.75) is 6.42 Å². The highest BCUT2D eigenvalue weighted by Gasteiger charge is 2.20. The van der Waals surface area contributed by atoms with Crippen LogP contribution in [-0.4, -0.2) is 61.5 Å². The number of aryl methyl sites for hydroxylation is 1. The molecule has 2 heterocycles. The minimum absolute atomic E-state index is 0. The average molecular weight is 333 g/mol. The van der Waals surface area contributed by atoms with Crippen LogP contribution in [0.3, 0.4) is 0 Å². The molecule has 10 heteroatoms. The van der Waals surface area contributed by atoms with Crippen molar-refractivity contribution in [2.24, 2.45) is 0 Å². The lowest BCUT2D eigenvalue weighted by Gasteiger charge is -2.21. The fourth-order valence-electron chi connectivity index (χ4n) is 1.87. The number of aromatic nitrogens is 1. The number of carbonyl (C=O) groups excluding carboxylic acids is 1. The van der Waals surface area contributed by atoms with Crippen LogP contribution < -0.4 is 9.99 Å². The zero-order valence-electron chi connectivity index (χ0n) is 11.9. The molecule has 3 N–H and O–H groups in total. The summed E-state index contributed by atoms with van der Waals surface area (Å²) in [5, 5.41) is 1.78. The number of nitrogens with one attached hydrogen (secondary N) is 1. The molecule has 1 amide bonds. The Labute approximate surface area is 128 Å². The topological polar surface area (TPSA) is 130 Å². The van der Waals surface area contributed by atoms with E-state index in [1.807, 2.05) is 0 Å². The molecule has 0 spiro atoms. The highest BCUT2D eigenvalue weighted by Crippen LogP contribution is 1.99. The van der Waals surface area contributed by atoms with Gasteiger partial charge < -0.3 is 10.2 Å². The SMILES string of the molecule is O=C(NN1CCOCC1)[n+]1ccc(CCS(=O)(=O)O)cc1.[OH-]. The number of hydrogen-bond acceptors (Lipinski definition) is 6. The maximum Gasteiger partial charge on any atom is 0.514 e. The maximum atomic E-state index is 12.0. The Morgan fingerprint density at radius 2 is 1.91 bits per heavy atom. The average Bonchev–Trinajstić information content (AvgIpc) is 2.46. The van der Waals surface area contributed by atoms with Crippen molar-refractivity contribution >= 4 is 16.1 Å². The molecule has 1 saturated heterocycles. The fraction of sp³-hybridized carbons (Fsp3) is 0.500. The Morgan fingerprint density at radius 3 is 2.45 bits per heavy atom. The number of rotatable bonds is 4. The van der Waals surface area contributed by atoms with E-state index < -0.39 is 10.1 Å². The second-order valence-electron chi connectivity index (χ2n) is 4.67. The van der Waals surface area contributed by atoms with Gasteiger partial charge >= 0.3 is 6.03 Å². The summed E-state index contributed by atoms with van der Waals surface area (Å²) in [5.74, 6) is -0.336. The molecule has 1 aromatic rings. The first-order valence-electron chi connectivity index (χ1n) is 6.53. The third-order valence-corrected chi connectivity index (χ3v) is 3.77. The largest absolute Gasteiger partial charge is 0.870 e. The molecule has 1 aliphatic rings. The Hall–Kier alpha value is -1.59. The summed E-state index contributed by atoms with van der Waals surface area (Å²) >= 11 is 0. The smallest absolute Gasteiger partial charge is 0.514 e. The van der Waals surface area contributed by atoms with Gasteiger partial charge in [0.1, 0.15) is 0 Å².